The smallest absolute Gasteiger partial charge is 0.250 e. The Morgan fingerprint density at radius 3 is 2.76 bits per heavy atom. The Bertz CT molecular complexity index is 915. The van der Waals surface area contributed by atoms with Crippen LogP contribution in [0, 0.1) is 5.82 Å². The minimum absolute atomic E-state index is 0.142. The van der Waals surface area contributed by atoms with Crippen molar-refractivity contribution in [3.05, 3.63) is 64.6 Å². The molecule has 7 nitrogen and oxygen atoms in total. The van der Waals surface area contributed by atoms with Crippen LogP contribution in [0.2, 0.25) is 0 Å². The highest BCUT2D eigenvalue weighted by Gasteiger charge is 2.05. The number of nitrogens with one attached hydrogen (secondary N) is 2. The van der Waals surface area contributed by atoms with Crippen LogP contribution in [-0.2, 0) is 6.42 Å². The molecular formula is C16H15FN6OS. The zero-order valence-corrected chi connectivity index (χ0v) is 13.9. The van der Waals surface area contributed by atoms with Crippen molar-refractivity contribution in [2.45, 2.75) is 16.3 Å². The highest BCUT2D eigenvalue weighted by molar-refractivity contribution is 7.99. The summed E-state index contributed by atoms with van der Waals surface area (Å²) in [7, 11) is 0. The van der Waals surface area contributed by atoms with Crippen molar-refractivity contribution < 1.29 is 4.39 Å². The van der Waals surface area contributed by atoms with Crippen LogP contribution in [0.25, 0.3) is 0 Å². The van der Waals surface area contributed by atoms with Gasteiger partial charge in [-0.25, -0.2) is 14.4 Å². The molecule has 2 aromatic heterocycles. The second-order valence-corrected chi connectivity index (χ2v) is 6.18. The fourth-order valence-electron chi connectivity index (χ4n) is 2.07. The van der Waals surface area contributed by atoms with Crippen LogP contribution in [0.3, 0.4) is 0 Å². The summed E-state index contributed by atoms with van der Waals surface area (Å²) in [6.45, 7) is 0.535. The highest BCUT2D eigenvalue weighted by atomic mass is 32.2. The molecule has 2 heterocycles. The SMILES string of the molecule is Nc1nc(NCCc2cc(=O)[nH]cn2)cc(Sc2ccc(F)cc2)n1. The molecule has 3 rings (SSSR count). The summed E-state index contributed by atoms with van der Waals surface area (Å²) in [6, 6.07) is 9.33. The Hall–Kier alpha value is -2.94. The minimum atomic E-state index is -0.290. The maximum Gasteiger partial charge on any atom is 0.250 e. The molecule has 1 aromatic carbocycles. The molecule has 25 heavy (non-hydrogen) atoms. The van der Waals surface area contributed by atoms with Gasteiger partial charge in [-0.05, 0) is 24.3 Å². The van der Waals surface area contributed by atoms with E-state index in [-0.39, 0.29) is 17.3 Å². The van der Waals surface area contributed by atoms with Crippen LogP contribution in [0.15, 0.2) is 57.4 Å². The monoisotopic (exact) mass is 358 g/mol. The highest BCUT2D eigenvalue weighted by Crippen LogP contribution is 2.27. The Kier molecular flexibility index (Phi) is 5.24. The fraction of sp³-hybridized carbons (Fsp3) is 0.125. The first-order valence-electron chi connectivity index (χ1n) is 7.44. The van der Waals surface area contributed by atoms with E-state index in [0.29, 0.717) is 29.5 Å². The van der Waals surface area contributed by atoms with Crippen LogP contribution < -0.4 is 16.6 Å². The molecule has 9 heteroatoms. The van der Waals surface area contributed by atoms with E-state index in [1.165, 1.54) is 36.3 Å². The van der Waals surface area contributed by atoms with E-state index in [1.807, 2.05) is 0 Å². The van der Waals surface area contributed by atoms with Gasteiger partial charge in [0.15, 0.2) is 0 Å². The van der Waals surface area contributed by atoms with Crippen LogP contribution in [0.5, 0.6) is 0 Å². The predicted octanol–water partition coefficient (Wildman–Crippen LogP) is 2.09. The fourth-order valence-corrected chi connectivity index (χ4v) is 2.90. The number of nitrogens with two attached hydrogens (primary N) is 1. The summed E-state index contributed by atoms with van der Waals surface area (Å²) in [6.07, 6.45) is 1.94. The summed E-state index contributed by atoms with van der Waals surface area (Å²) < 4.78 is 13.0. The van der Waals surface area contributed by atoms with Crippen molar-refractivity contribution in [3.8, 4) is 0 Å². The summed E-state index contributed by atoms with van der Waals surface area (Å²) in [5.41, 5.74) is 6.24. The maximum atomic E-state index is 13.0. The molecule has 0 saturated heterocycles. The number of anilines is 2. The van der Waals surface area contributed by atoms with Crippen molar-refractivity contribution in [1.29, 1.82) is 0 Å². The molecule has 0 amide bonds. The zero-order chi connectivity index (χ0) is 17.6. The van der Waals surface area contributed by atoms with Crippen molar-refractivity contribution >= 4 is 23.5 Å². The number of aromatic amines is 1. The van der Waals surface area contributed by atoms with E-state index in [2.05, 4.69) is 25.3 Å². The number of hydrogen-bond donors (Lipinski definition) is 3. The van der Waals surface area contributed by atoms with E-state index in [9.17, 15) is 9.18 Å². The number of nitrogen functional groups attached to an aromatic ring is 1. The first kappa shape index (κ1) is 16.9. The van der Waals surface area contributed by atoms with Crippen molar-refractivity contribution in [2.24, 2.45) is 0 Å². The van der Waals surface area contributed by atoms with E-state index in [4.69, 9.17) is 5.73 Å². The van der Waals surface area contributed by atoms with Crippen molar-refractivity contribution in [3.63, 3.8) is 0 Å². The molecular weight excluding hydrogens is 343 g/mol. The average Bonchev–Trinajstić information content (AvgIpc) is 2.57. The molecule has 0 saturated carbocycles. The Morgan fingerprint density at radius 1 is 1.20 bits per heavy atom. The van der Waals surface area contributed by atoms with Gasteiger partial charge in [0, 0.05) is 35.7 Å². The van der Waals surface area contributed by atoms with E-state index in [1.54, 1.807) is 18.2 Å². The first-order valence-corrected chi connectivity index (χ1v) is 8.25. The van der Waals surface area contributed by atoms with E-state index in [0.717, 1.165) is 4.90 Å². The van der Waals surface area contributed by atoms with Gasteiger partial charge in [0.2, 0.25) is 5.95 Å². The molecule has 3 aromatic rings. The molecule has 0 aliphatic carbocycles. The zero-order valence-electron chi connectivity index (χ0n) is 13.1. The van der Waals surface area contributed by atoms with Gasteiger partial charge < -0.3 is 16.0 Å². The molecule has 4 N–H and O–H groups in total. The topological polar surface area (TPSA) is 110 Å². The van der Waals surface area contributed by atoms with Gasteiger partial charge in [-0.1, -0.05) is 11.8 Å². The van der Waals surface area contributed by atoms with Crippen LogP contribution >= 0.6 is 11.8 Å². The number of benzene rings is 1. The lowest BCUT2D eigenvalue weighted by Crippen LogP contribution is -2.12. The summed E-state index contributed by atoms with van der Waals surface area (Å²) in [5.74, 6) is 0.424. The number of hydrogen-bond acceptors (Lipinski definition) is 7. The standard InChI is InChI=1S/C16H15FN6OS/c17-10-1-3-12(4-2-10)25-15-8-13(22-16(18)23-15)19-6-5-11-7-14(24)21-9-20-11/h1-4,7-9H,5-6H2,(H,20,21,24)(H3,18,19,22,23). The number of halogens is 1. The summed E-state index contributed by atoms with van der Waals surface area (Å²) in [5, 5.41) is 3.78. The summed E-state index contributed by atoms with van der Waals surface area (Å²) >= 11 is 1.36. The normalized spacial score (nSPS) is 10.6. The van der Waals surface area contributed by atoms with E-state index >= 15 is 0 Å². The lowest BCUT2D eigenvalue weighted by Gasteiger charge is -2.08. The lowest BCUT2D eigenvalue weighted by molar-refractivity contribution is 0.626. The molecule has 0 aliphatic heterocycles. The molecule has 0 radical (unpaired) electrons. The largest absolute Gasteiger partial charge is 0.369 e. The Balaban J connectivity index is 1.64. The minimum Gasteiger partial charge on any atom is -0.369 e. The van der Waals surface area contributed by atoms with Gasteiger partial charge in [0.05, 0.1) is 6.33 Å². The number of H-pyrrole nitrogens is 1. The Morgan fingerprint density at radius 2 is 2.00 bits per heavy atom. The number of nitrogens with zero attached hydrogens (tertiary/aromatic N) is 3. The van der Waals surface area contributed by atoms with Crippen LogP contribution in [0.1, 0.15) is 5.69 Å². The van der Waals surface area contributed by atoms with Gasteiger partial charge in [0.1, 0.15) is 16.7 Å². The molecule has 0 aliphatic rings. The van der Waals surface area contributed by atoms with E-state index < -0.39 is 0 Å². The predicted molar refractivity (Wildman–Crippen MR) is 94.0 cm³/mol. The molecule has 0 atom stereocenters. The van der Waals surface area contributed by atoms with Gasteiger partial charge in [0.25, 0.3) is 5.56 Å². The van der Waals surface area contributed by atoms with Gasteiger partial charge >= 0.3 is 0 Å². The average molecular weight is 358 g/mol. The third-order valence-electron chi connectivity index (χ3n) is 3.18. The van der Waals surface area contributed by atoms with Crippen LogP contribution in [0.4, 0.5) is 16.2 Å². The second kappa shape index (κ2) is 7.75. The van der Waals surface area contributed by atoms with Crippen molar-refractivity contribution in [1.82, 2.24) is 19.9 Å². The summed E-state index contributed by atoms with van der Waals surface area (Å²) in [4.78, 5) is 26.9. The molecule has 0 bridgehead atoms. The number of rotatable bonds is 6. The quantitative estimate of drug-likeness (QED) is 0.579. The first-order chi connectivity index (χ1) is 12.1. The molecule has 0 fully saturated rings. The lowest BCUT2D eigenvalue weighted by atomic mass is 10.3. The van der Waals surface area contributed by atoms with Gasteiger partial charge in [-0.2, -0.15) is 4.98 Å². The second-order valence-electron chi connectivity index (χ2n) is 5.08. The molecule has 128 valence electrons. The van der Waals surface area contributed by atoms with Gasteiger partial charge in [-0.15, -0.1) is 0 Å². The third-order valence-corrected chi connectivity index (χ3v) is 4.10. The number of aromatic nitrogens is 4. The molecule has 0 unspecified atom stereocenters. The maximum absolute atomic E-state index is 13.0. The van der Waals surface area contributed by atoms with Gasteiger partial charge in [-0.3, -0.25) is 4.79 Å². The third kappa shape index (κ3) is 5.01. The van der Waals surface area contributed by atoms with Crippen molar-refractivity contribution in [2.75, 3.05) is 17.6 Å². The van der Waals surface area contributed by atoms with Crippen LogP contribution in [-0.4, -0.2) is 26.5 Å². The Labute approximate surface area is 146 Å². The molecule has 0 spiro atoms.